The predicted molar refractivity (Wildman–Crippen MR) is 82.1 cm³/mol. The second kappa shape index (κ2) is 5.47. The van der Waals surface area contributed by atoms with Gasteiger partial charge in [-0.1, -0.05) is 18.2 Å². The number of sulfonamides is 1. The number of nitrogens with one attached hydrogen (secondary N) is 1. The van der Waals surface area contributed by atoms with Crippen LogP contribution < -0.4 is 5.32 Å². The molecule has 0 unspecified atom stereocenters. The third kappa shape index (κ3) is 2.46. The summed E-state index contributed by atoms with van der Waals surface area (Å²) in [6.07, 6.45) is 1.49. The molecule has 23 heavy (non-hydrogen) atoms. The van der Waals surface area contributed by atoms with Crippen LogP contribution in [-0.4, -0.2) is 35.6 Å². The fourth-order valence-corrected chi connectivity index (χ4v) is 4.08. The SMILES string of the molecule is C[C@H](C(=O)Nc1ccccn1)N1C(=O)c2ccccc2S1(=O)=O. The van der Waals surface area contributed by atoms with Gasteiger partial charge in [-0.15, -0.1) is 0 Å². The number of hydrogen-bond acceptors (Lipinski definition) is 5. The Morgan fingerprint density at radius 3 is 2.52 bits per heavy atom. The monoisotopic (exact) mass is 331 g/mol. The van der Waals surface area contributed by atoms with E-state index in [1.54, 1.807) is 24.3 Å². The smallest absolute Gasteiger partial charge is 0.269 e. The van der Waals surface area contributed by atoms with Gasteiger partial charge < -0.3 is 5.32 Å². The van der Waals surface area contributed by atoms with E-state index < -0.39 is 27.9 Å². The van der Waals surface area contributed by atoms with Crippen molar-refractivity contribution in [1.82, 2.24) is 9.29 Å². The number of nitrogens with zero attached hydrogens (tertiary/aromatic N) is 2. The quantitative estimate of drug-likeness (QED) is 0.913. The van der Waals surface area contributed by atoms with Crippen molar-refractivity contribution in [3.05, 3.63) is 54.2 Å². The minimum Gasteiger partial charge on any atom is -0.309 e. The normalized spacial score (nSPS) is 16.7. The first kappa shape index (κ1) is 15.2. The number of carbonyl (C=O) groups excluding carboxylic acids is 2. The molecule has 1 atom stereocenters. The number of carbonyl (C=O) groups is 2. The molecule has 0 aliphatic carbocycles. The number of anilines is 1. The van der Waals surface area contributed by atoms with E-state index in [4.69, 9.17) is 0 Å². The van der Waals surface area contributed by atoms with E-state index >= 15 is 0 Å². The highest BCUT2D eigenvalue weighted by atomic mass is 32.2. The van der Waals surface area contributed by atoms with Crippen molar-refractivity contribution in [1.29, 1.82) is 0 Å². The summed E-state index contributed by atoms with van der Waals surface area (Å²) in [6, 6.07) is 9.64. The fraction of sp³-hybridized carbons (Fsp3) is 0.133. The van der Waals surface area contributed by atoms with E-state index in [0.29, 0.717) is 4.31 Å². The van der Waals surface area contributed by atoms with E-state index in [0.717, 1.165) is 0 Å². The van der Waals surface area contributed by atoms with Gasteiger partial charge in [0, 0.05) is 6.20 Å². The number of pyridine rings is 1. The van der Waals surface area contributed by atoms with Crippen LogP contribution in [0.25, 0.3) is 0 Å². The topological polar surface area (TPSA) is 96.4 Å². The van der Waals surface area contributed by atoms with Gasteiger partial charge in [-0.05, 0) is 31.2 Å². The first-order valence-electron chi connectivity index (χ1n) is 6.82. The van der Waals surface area contributed by atoms with Crippen LogP contribution in [0, 0.1) is 0 Å². The Morgan fingerprint density at radius 1 is 1.17 bits per heavy atom. The summed E-state index contributed by atoms with van der Waals surface area (Å²) >= 11 is 0. The molecule has 0 fully saturated rings. The van der Waals surface area contributed by atoms with Crippen LogP contribution in [0.1, 0.15) is 17.3 Å². The molecule has 0 radical (unpaired) electrons. The summed E-state index contributed by atoms with van der Waals surface area (Å²) in [5.74, 6) is -1.05. The van der Waals surface area contributed by atoms with Crippen LogP contribution in [0.3, 0.4) is 0 Å². The second-order valence-corrected chi connectivity index (χ2v) is 6.77. The molecule has 1 aromatic carbocycles. The van der Waals surface area contributed by atoms with Crippen LogP contribution in [0.15, 0.2) is 53.6 Å². The van der Waals surface area contributed by atoms with E-state index in [9.17, 15) is 18.0 Å². The Labute approximate surface area is 133 Å². The standard InChI is InChI=1S/C15H13N3O4S/c1-10(14(19)17-13-8-4-5-9-16-13)18-15(20)11-6-2-3-7-12(11)23(18,21)22/h2-10H,1H3,(H,16,17,19)/t10-/m1/s1. The lowest BCUT2D eigenvalue weighted by Crippen LogP contribution is -2.45. The molecule has 1 aliphatic heterocycles. The number of fused-ring (bicyclic) bond motifs is 1. The van der Waals surface area contributed by atoms with Crippen LogP contribution >= 0.6 is 0 Å². The molecule has 1 aliphatic rings. The highest BCUT2D eigenvalue weighted by Crippen LogP contribution is 2.31. The largest absolute Gasteiger partial charge is 0.309 e. The molecule has 2 amide bonds. The summed E-state index contributed by atoms with van der Waals surface area (Å²) in [6.45, 7) is 1.36. The Morgan fingerprint density at radius 2 is 1.87 bits per heavy atom. The molecule has 2 aromatic rings. The molecule has 8 heteroatoms. The van der Waals surface area contributed by atoms with Crippen LogP contribution in [0.2, 0.25) is 0 Å². The zero-order valence-electron chi connectivity index (χ0n) is 12.1. The first-order valence-corrected chi connectivity index (χ1v) is 8.26. The number of hydrogen-bond donors (Lipinski definition) is 1. The van der Waals surface area contributed by atoms with Crippen molar-refractivity contribution in [3.8, 4) is 0 Å². The Bertz CT molecular complexity index is 881. The van der Waals surface area contributed by atoms with Crippen molar-refractivity contribution in [3.63, 3.8) is 0 Å². The number of rotatable bonds is 3. The van der Waals surface area contributed by atoms with Gasteiger partial charge in [-0.2, -0.15) is 0 Å². The van der Waals surface area contributed by atoms with Gasteiger partial charge in [0.25, 0.3) is 15.9 Å². The average Bonchev–Trinajstić information content (AvgIpc) is 2.75. The maximum Gasteiger partial charge on any atom is 0.269 e. The Kier molecular flexibility index (Phi) is 3.61. The van der Waals surface area contributed by atoms with Gasteiger partial charge >= 0.3 is 0 Å². The zero-order valence-corrected chi connectivity index (χ0v) is 12.9. The van der Waals surface area contributed by atoms with E-state index in [1.807, 2.05) is 0 Å². The third-order valence-corrected chi connectivity index (χ3v) is 5.41. The third-order valence-electron chi connectivity index (χ3n) is 3.50. The second-order valence-electron chi connectivity index (χ2n) is 4.98. The molecule has 1 aromatic heterocycles. The van der Waals surface area contributed by atoms with Gasteiger partial charge in [0.15, 0.2) is 0 Å². The number of amides is 2. The zero-order chi connectivity index (χ0) is 16.6. The first-order chi connectivity index (χ1) is 10.9. The van der Waals surface area contributed by atoms with Crippen molar-refractivity contribution < 1.29 is 18.0 Å². The van der Waals surface area contributed by atoms with Gasteiger partial charge in [-0.3, -0.25) is 9.59 Å². The molecule has 0 saturated heterocycles. The number of aromatic nitrogens is 1. The summed E-state index contributed by atoms with van der Waals surface area (Å²) < 4.78 is 25.6. The van der Waals surface area contributed by atoms with Gasteiger partial charge in [-0.25, -0.2) is 17.7 Å². The summed E-state index contributed by atoms with van der Waals surface area (Å²) in [4.78, 5) is 28.5. The maximum absolute atomic E-state index is 12.5. The molecule has 1 N–H and O–H groups in total. The van der Waals surface area contributed by atoms with Gasteiger partial charge in [0.05, 0.1) is 5.56 Å². The lowest BCUT2D eigenvalue weighted by Gasteiger charge is -2.22. The number of benzene rings is 1. The highest BCUT2D eigenvalue weighted by molar-refractivity contribution is 7.90. The highest BCUT2D eigenvalue weighted by Gasteiger charge is 2.45. The van der Waals surface area contributed by atoms with E-state index in [2.05, 4.69) is 10.3 Å². The molecular formula is C15H13N3O4S. The summed E-state index contributed by atoms with van der Waals surface area (Å²) in [5.41, 5.74) is 0.0741. The molecule has 2 heterocycles. The lowest BCUT2D eigenvalue weighted by molar-refractivity contribution is -0.118. The Hall–Kier alpha value is -2.74. The van der Waals surface area contributed by atoms with Crippen LogP contribution in [-0.2, 0) is 14.8 Å². The minimum atomic E-state index is -4.03. The molecule has 7 nitrogen and oxygen atoms in total. The summed E-state index contributed by atoms with van der Waals surface area (Å²) in [5, 5.41) is 2.50. The van der Waals surface area contributed by atoms with Crippen LogP contribution in [0.4, 0.5) is 5.82 Å². The van der Waals surface area contributed by atoms with Gasteiger partial charge in [0.1, 0.15) is 16.8 Å². The molecule has 0 saturated carbocycles. The Balaban J connectivity index is 1.90. The molecule has 0 bridgehead atoms. The molecular weight excluding hydrogens is 318 g/mol. The summed E-state index contributed by atoms with van der Waals surface area (Å²) in [7, 11) is -4.03. The van der Waals surface area contributed by atoms with Crippen LogP contribution in [0.5, 0.6) is 0 Å². The van der Waals surface area contributed by atoms with Crippen molar-refractivity contribution in [2.45, 2.75) is 17.9 Å². The van der Waals surface area contributed by atoms with Crippen molar-refractivity contribution in [2.24, 2.45) is 0 Å². The molecule has 3 rings (SSSR count). The van der Waals surface area contributed by atoms with Gasteiger partial charge in [0.2, 0.25) is 5.91 Å². The minimum absolute atomic E-state index is 0.0741. The average molecular weight is 331 g/mol. The molecule has 0 spiro atoms. The predicted octanol–water partition coefficient (Wildman–Crippen LogP) is 1.25. The van der Waals surface area contributed by atoms with Crippen molar-refractivity contribution >= 4 is 27.7 Å². The maximum atomic E-state index is 12.5. The molecule has 118 valence electrons. The van der Waals surface area contributed by atoms with E-state index in [1.165, 1.54) is 31.3 Å². The fourth-order valence-electron chi connectivity index (χ4n) is 2.36. The lowest BCUT2D eigenvalue weighted by atomic mass is 10.2. The van der Waals surface area contributed by atoms with E-state index in [-0.39, 0.29) is 16.3 Å². The van der Waals surface area contributed by atoms with Crippen molar-refractivity contribution in [2.75, 3.05) is 5.32 Å².